The molecular formula is C12H16O5. The molecule has 1 saturated heterocycles. The van der Waals surface area contributed by atoms with Crippen LogP contribution in [0.25, 0.3) is 0 Å². The molecule has 0 amide bonds. The van der Waals surface area contributed by atoms with E-state index >= 15 is 0 Å². The van der Waals surface area contributed by atoms with Gasteiger partial charge in [-0.1, -0.05) is 13.3 Å². The molecule has 0 spiro atoms. The molecule has 17 heavy (non-hydrogen) atoms. The molecule has 5 heteroatoms. The van der Waals surface area contributed by atoms with Gasteiger partial charge in [0.15, 0.2) is 12.1 Å². The number of hydrogen-bond donors (Lipinski definition) is 2. The molecule has 0 radical (unpaired) electrons. The van der Waals surface area contributed by atoms with E-state index in [0.717, 1.165) is 12.8 Å². The summed E-state index contributed by atoms with van der Waals surface area (Å²) in [6.07, 6.45) is -0.961. The SMILES string of the molecule is CCCC1CC2=C(C(O)O1)C(O)C1OC1C2=O. The van der Waals surface area contributed by atoms with E-state index in [2.05, 4.69) is 0 Å². The van der Waals surface area contributed by atoms with Crippen molar-refractivity contribution in [2.24, 2.45) is 0 Å². The Bertz CT molecular complexity index is 388. The Morgan fingerprint density at radius 3 is 2.82 bits per heavy atom. The molecule has 3 rings (SSSR count). The topological polar surface area (TPSA) is 79.3 Å². The molecule has 2 aliphatic heterocycles. The Hall–Kier alpha value is -0.750. The van der Waals surface area contributed by atoms with Crippen molar-refractivity contribution in [3.8, 4) is 0 Å². The average molecular weight is 240 g/mol. The Morgan fingerprint density at radius 2 is 2.12 bits per heavy atom. The molecule has 0 saturated carbocycles. The molecule has 0 aromatic heterocycles. The zero-order valence-corrected chi connectivity index (χ0v) is 9.63. The van der Waals surface area contributed by atoms with Crippen LogP contribution in [0, 0.1) is 0 Å². The third-order valence-electron chi connectivity index (χ3n) is 3.69. The van der Waals surface area contributed by atoms with Gasteiger partial charge in [-0.15, -0.1) is 0 Å². The number of ketones is 1. The molecule has 1 fully saturated rings. The lowest BCUT2D eigenvalue weighted by Gasteiger charge is -2.34. The lowest BCUT2D eigenvalue weighted by molar-refractivity contribution is -0.139. The lowest BCUT2D eigenvalue weighted by Crippen LogP contribution is -2.43. The average Bonchev–Trinajstić information content (AvgIpc) is 3.06. The Morgan fingerprint density at radius 1 is 1.35 bits per heavy atom. The highest BCUT2D eigenvalue weighted by Gasteiger charge is 2.58. The highest BCUT2D eigenvalue weighted by Crippen LogP contribution is 2.43. The van der Waals surface area contributed by atoms with Crippen molar-refractivity contribution in [3.63, 3.8) is 0 Å². The Labute approximate surface area is 99.0 Å². The number of aliphatic hydroxyl groups is 2. The fraction of sp³-hybridized carbons (Fsp3) is 0.750. The van der Waals surface area contributed by atoms with Gasteiger partial charge < -0.3 is 19.7 Å². The second-order valence-corrected chi connectivity index (χ2v) is 4.87. The Kier molecular flexibility index (Phi) is 2.59. The summed E-state index contributed by atoms with van der Waals surface area (Å²) in [6, 6.07) is 0. The highest BCUT2D eigenvalue weighted by atomic mass is 16.6. The van der Waals surface area contributed by atoms with E-state index in [1.54, 1.807) is 0 Å². The molecule has 94 valence electrons. The van der Waals surface area contributed by atoms with Crippen molar-refractivity contribution in [2.75, 3.05) is 0 Å². The van der Waals surface area contributed by atoms with E-state index in [-0.39, 0.29) is 11.9 Å². The van der Waals surface area contributed by atoms with Gasteiger partial charge in [-0.3, -0.25) is 4.79 Å². The van der Waals surface area contributed by atoms with E-state index < -0.39 is 24.6 Å². The van der Waals surface area contributed by atoms with Gasteiger partial charge in [0, 0.05) is 17.6 Å². The first-order chi connectivity index (χ1) is 8.13. The standard InChI is InChI=1S/C12H16O5/c1-2-3-5-4-6-7(12(15)16-5)9(14)11-10(17-11)8(6)13/h5,9-12,14-15H,2-4H2,1H3. The summed E-state index contributed by atoms with van der Waals surface area (Å²) in [4.78, 5) is 12.0. The van der Waals surface area contributed by atoms with Gasteiger partial charge in [-0.2, -0.15) is 0 Å². The number of hydrogen-bond acceptors (Lipinski definition) is 5. The first-order valence-electron chi connectivity index (χ1n) is 6.07. The van der Waals surface area contributed by atoms with E-state index in [4.69, 9.17) is 9.47 Å². The number of rotatable bonds is 2. The van der Waals surface area contributed by atoms with Gasteiger partial charge >= 0.3 is 0 Å². The summed E-state index contributed by atoms with van der Waals surface area (Å²) in [5.41, 5.74) is 0.842. The molecule has 5 unspecified atom stereocenters. The largest absolute Gasteiger partial charge is 0.386 e. The summed E-state index contributed by atoms with van der Waals surface area (Å²) in [5, 5.41) is 19.8. The predicted molar refractivity (Wildman–Crippen MR) is 57.1 cm³/mol. The number of aliphatic hydroxyl groups excluding tert-OH is 2. The van der Waals surface area contributed by atoms with Crippen LogP contribution in [0.3, 0.4) is 0 Å². The minimum Gasteiger partial charge on any atom is -0.386 e. The zero-order valence-electron chi connectivity index (χ0n) is 9.63. The van der Waals surface area contributed by atoms with Crippen molar-refractivity contribution < 1.29 is 24.5 Å². The number of carbonyl (C=O) groups is 1. The number of carbonyl (C=O) groups excluding carboxylic acids is 1. The fourth-order valence-electron chi connectivity index (χ4n) is 2.78. The Balaban J connectivity index is 1.91. The maximum Gasteiger partial charge on any atom is 0.190 e. The van der Waals surface area contributed by atoms with E-state index in [0.29, 0.717) is 17.6 Å². The molecule has 0 bridgehead atoms. The van der Waals surface area contributed by atoms with Crippen LogP contribution in [0.2, 0.25) is 0 Å². The first-order valence-corrected chi connectivity index (χ1v) is 6.07. The molecule has 1 aliphatic carbocycles. The van der Waals surface area contributed by atoms with Crippen molar-refractivity contribution in [1.82, 2.24) is 0 Å². The van der Waals surface area contributed by atoms with Gasteiger partial charge in [0.1, 0.15) is 18.3 Å². The van der Waals surface area contributed by atoms with Crippen LogP contribution in [0.5, 0.6) is 0 Å². The first kappa shape index (κ1) is 11.3. The van der Waals surface area contributed by atoms with E-state index in [1.165, 1.54) is 0 Å². The number of ether oxygens (including phenoxy) is 2. The van der Waals surface area contributed by atoms with Crippen LogP contribution in [0.4, 0.5) is 0 Å². The number of epoxide rings is 1. The van der Waals surface area contributed by atoms with Gasteiger partial charge in [0.2, 0.25) is 0 Å². The summed E-state index contributed by atoms with van der Waals surface area (Å²) >= 11 is 0. The zero-order chi connectivity index (χ0) is 12.2. The molecule has 0 aromatic rings. The molecule has 3 aliphatic rings. The highest BCUT2D eigenvalue weighted by molar-refractivity contribution is 6.03. The minimum atomic E-state index is -1.17. The van der Waals surface area contributed by atoms with Crippen molar-refractivity contribution in [3.05, 3.63) is 11.1 Å². The number of Topliss-reactive ketones (excluding diaryl/α,β-unsaturated/α-hetero) is 1. The number of fused-ring (bicyclic) bond motifs is 1. The van der Waals surface area contributed by atoms with Gasteiger partial charge in [-0.05, 0) is 6.42 Å². The summed E-state index contributed by atoms with van der Waals surface area (Å²) < 4.78 is 10.5. The molecule has 2 heterocycles. The molecule has 5 atom stereocenters. The van der Waals surface area contributed by atoms with Gasteiger partial charge in [0.05, 0.1) is 6.10 Å². The quantitative estimate of drug-likeness (QED) is 0.659. The van der Waals surface area contributed by atoms with Crippen LogP contribution >= 0.6 is 0 Å². The van der Waals surface area contributed by atoms with Crippen molar-refractivity contribution in [2.45, 2.75) is 56.9 Å². The van der Waals surface area contributed by atoms with Crippen LogP contribution in [0.15, 0.2) is 11.1 Å². The van der Waals surface area contributed by atoms with Crippen LogP contribution in [-0.2, 0) is 14.3 Å². The predicted octanol–water partition coefficient (Wildman–Crippen LogP) is -0.0986. The summed E-state index contributed by atoms with van der Waals surface area (Å²) in [6.45, 7) is 2.03. The van der Waals surface area contributed by atoms with Crippen molar-refractivity contribution in [1.29, 1.82) is 0 Å². The lowest BCUT2D eigenvalue weighted by atomic mass is 9.83. The minimum absolute atomic E-state index is 0.0845. The second-order valence-electron chi connectivity index (χ2n) is 4.87. The maximum atomic E-state index is 12.0. The molecule has 5 nitrogen and oxygen atoms in total. The second kappa shape index (κ2) is 3.88. The summed E-state index contributed by atoms with van der Waals surface area (Å²) in [5.74, 6) is -0.0845. The monoisotopic (exact) mass is 240 g/mol. The van der Waals surface area contributed by atoms with E-state index in [1.807, 2.05) is 6.92 Å². The summed E-state index contributed by atoms with van der Waals surface area (Å²) in [7, 11) is 0. The van der Waals surface area contributed by atoms with Gasteiger partial charge in [-0.25, -0.2) is 0 Å². The fourth-order valence-corrected chi connectivity index (χ4v) is 2.78. The van der Waals surface area contributed by atoms with Crippen molar-refractivity contribution >= 4 is 5.78 Å². The molecule has 0 aromatic carbocycles. The maximum absolute atomic E-state index is 12.0. The van der Waals surface area contributed by atoms with Crippen LogP contribution in [0.1, 0.15) is 26.2 Å². The van der Waals surface area contributed by atoms with Crippen LogP contribution < -0.4 is 0 Å². The van der Waals surface area contributed by atoms with Crippen LogP contribution in [-0.4, -0.2) is 46.7 Å². The third kappa shape index (κ3) is 1.65. The third-order valence-corrected chi connectivity index (χ3v) is 3.69. The molecular weight excluding hydrogens is 224 g/mol. The molecule has 2 N–H and O–H groups in total. The van der Waals surface area contributed by atoms with Gasteiger partial charge in [0.25, 0.3) is 0 Å². The van der Waals surface area contributed by atoms with E-state index in [9.17, 15) is 15.0 Å². The normalized spacial score (nSPS) is 44.4. The smallest absolute Gasteiger partial charge is 0.190 e.